The number of halogens is 1. The van der Waals surface area contributed by atoms with Crippen LogP contribution < -0.4 is 10.4 Å². The van der Waals surface area contributed by atoms with Gasteiger partial charge in [-0.1, -0.05) is 35.8 Å². The second-order valence-electron chi connectivity index (χ2n) is 5.44. The molecule has 0 bridgehead atoms. The Morgan fingerprint density at radius 3 is 2.73 bits per heavy atom. The van der Waals surface area contributed by atoms with Crippen LogP contribution in [0.1, 0.15) is 25.7 Å². The summed E-state index contributed by atoms with van der Waals surface area (Å²) in [5, 5.41) is 15.0. The summed E-state index contributed by atoms with van der Waals surface area (Å²) in [6.45, 7) is 0. The van der Waals surface area contributed by atoms with Gasteiger partial charge in [0, 0.05) is 22.8 Å². The van der Waals surface area contributed by atoms with E-state index in [1.54, 1.807) is 18.2 Å². The molecule has 0 radical (unpaired) electrons. The molecule has 7 heteroatoms. The lowest BCUT2D eigenvalue weighted by atomic mass is 9.79. The smallest absolute Gasteiger partial charge is 0.229 e. The highest BCUT2D eigenvalue weighted by Gasteiger charge is 2.32. The topological polar surface area (TPSA) is 82.1 Å². The van der Waals surface area contributed by atoms with Gasteiger partial charge < -0.3 is 15.2 Å². The summed E-state index contributed by atoms with van der Waals surface area (Å²) in [7, 11) is 0. The van der Waals surface area contributed by atoms with Crippen LogP contribution in [0.3, 0.4) is 0 Å². The number of nitrogens with zero attached hydrogens (tertiary/aromatic N) is 1. The Morgan fingerprint density at radius 1 is 1.27 bits per heavy atom. The van der Waals surface area contributed by atoms with Crippen LogP contribution in [0.4, 0.5) is 5.13 Å². The Kier molecular flexibility index (Phi) is 4.31. The van der Waals surface area contributed by atoms with Crippen molar-refractivity contribution in [1.29, 1.82) is 0 Å². The summed E-state index contributed by atoms with van der Waals surface area (Å²) in [4.78, 5) is 27.9. The number of carbonyl (C=O) groups is 2. The number of benzene rings is 1. The lowest BCUT2D eigenvalue weighted by molar-refractivity contribution is -0.313. The van der Waals surface area contributed by atoms with Crippen molar-refractivity contribution in [2.45, 2.75) is 25.7 Å². The fourth-order valence-corrected chi connectivity index (χ4v) is 4.02. The van der Waals surface area contributed by atoms with Gasteiger partial charge in [-0.25, -0.2) is 4.98 Å². The molecule has 3 rings (SSSR count). The molecule has 1 N–H and O–H groups in total. The van der Waals surface area contributed by atoms with E-state index in [1.165, 1.54) is 11.3 Å². The SMILES string of the molecule is O=C([O-])[C@H]1CCCC[C@H]1C(=O)Nc1nc2ccc(Cl)cc2s1. The van der Waals surface area contributed by atoms with Crippen LogP contribution in [0.2, 0.25) is 5.02 Å². The Balaban J connectivity index is 1.78. The second-order valence-corrected chi connectivity index (χ2v) is 6.90. The third-order valence-corrected chi connectivity index (χ3v) is 5.15. The summed E-state index contributed by atoms with van der Waals surface area (Å²) in [6, 6.07) is 5.31. The Hall–Kier alpha value is -1.66. The standard InChI is InChI=1S/C15H15ClN2O3S/c16-8-5-6-11-12(7-8)22-15(17-11)18-13(19)9-3-1-2-4-10(9)14(20)21/h5-7,9-10H,1-4H2,(H,20,21)(H,17,18,19)/p-1/t9-,10+/m1/s1. The van der Waals surface area contributed by atoms with Crippen molar-refractivity contribution in [2.75, 3.05) is 5.32 Å². The zero-order chi connectivity index (χ0) is 15.7. The summed E-state index contributed by atoms with van der Waals surface area (Å²) in [5.41, 5.74) is 0.754. The Morgan fingerprint density at radius 2 is 2.00 bits per heavy atom. The number of thiazole rings is 1. The first-order valence-electron chi connectivity index (χ1n) is 7.12. The molecule has 0 spiro atoms. The first-order valence-corrected chi connectivity index (χ1v) is 8.32. The number of rotatable bonds is 3. The maximum absolute atomic E-state index is 12.4. The molecule has 2 aromatic rings. The number of aliphatic carboxylic acids is 1. The van der Waals surface area contributed by atoms with Crippen molar-refractivity contribution in [3.05, 3.63) is 23.2 Å². The van der Waals surface area contributed by atoms with Gasteiger partial charge in [0.15, 0.2) is 5.13 Å². The van der Waals surface area contributed by atoms with E-state index in [0.29, 0.717) is 23.0 Å². The Bertz CT molecular complexity index is 731. The molecule has 0 saturated heterocycles. The number of hydrogen-bond acceptors (Lipinski definition) is 5. The van der Waals surface area contributed by atoms with Crippen molar-refractivity contribution in [3.63, 3.8) is 0 Å². The highest BCUT2D eigenvalue weighted by molar-refractivity contribution is 7.22. The summed E-state index contributed by atoms with van der Waals surface area (Å²) < 4.78 is 0.878. The lowest BCUT2D eigenvalue weighted by Gasteiger charge is -2.30. The molecule has 2 atom stereocenters. The largest absolute Gasteiger partial charge is 0.550 e. The van der Waals surface area contributed by atoms with Gasteiger partial charge in [-0.05, 0) is 31.0 Å². The minimum absolute atomic E-state index is 0.293. The van der Waals surface area contributed by atoms with Gasteiger partial charge >= 0.3 is 0 Å². The summed E-state index contributed by atoms with van der Waals surface area (Å²) in [5.74, 6) is -2.69. The normalized spacial score (nSPS) is 21.7. The predicted molar refractivity (Wildman–Crippen MR) is 83.7 cm³/mol. The minimum Gasteiger partial charge on any atom is -0.550 e. The third-order valence-electron chi connectivity index (χ3n) is 3.99. The molecule has 1 aromatic heterocycles. The fraction of sp³-hybridized carbons (Fsp3) is 0.400. The van der Waals surface area contributed by atoms with Gasteiger partial charge in [0.05, 0.1) is 10.2 Å². The molecule has 1 saturated carbocycles. The van der Waals surface area contributed by atoms with Crippen molar-refractivity contribution >= 4 is 50.2 Å². The predicted octanol–water partition coefficient (Wildman–Crippen LogP) is 2.44. The number of anilines is 1. The third kappa shape index (κ3) is 3.08. The van der Waals surface area contributed by atoms with Crippen molar-refractivity contribution in [2.24, 2.45) is 11.8 Å². The maximum Gasteiger partial charge on any atom is 0.229 e. The number of nitrogens with one attached hydrogen (secondary N) is 1. The summed E-state index contributed by atoms with van der Waals surface area (Å²) >= 11 is 7.25. The number of hydrogen-bond donors (Lipinski definition) is 1. The van der Waals surface area contributed by atoms with Crippen molar-refractivity contribution in [1.82, 2.24) is 4.98 Å². The van der Waals surface area contributed by atoms with Gasteiger partial charge in [-0.15, -0.1) is 0 Å². The fourth-order valence-electron chi connectivity index (χ4n) is 2.88. The van der Waals surface area contributed by atoms with E-state index in [0.717, 1.165) is 23.1 Å². The van der Waals surface area contributed by atoms with Gasteiger partial charge in [0.2, 0.25) is 5.91 Å². The van der Waals surface area contributed by atoms with Crippen molar-refractivity contribution < 1.29 is 14.7 Å². The van der Waals surface area contributed by atoms with E-state index in [-0.39, 0.29) is 5.91 Å². The van der Waals surface area contributed by atoms with Crippen LogP contribution in [0, 0.1) is 11.8 Å². The number of carbonyl (C=O) groups excluding carboxylic acids is 2. The molecule has 1 aromatic carbocycles. The molecule has 1 amide bonds. The second kappa shape index (κ2) is 6.22. The number of amides is 1. The summed E-state index contributed by atoms with van der Waals surface area (Å²) in [6.07, 6.45) is 2.75. The molecular formula is C15H14ClN2O3S-. The van der Waals surface area contributed by atoms with Gasteiger partial charge in [0.1, 0.15) is 0 Å². The van der Waals surface area contributed by atoms with E-state index >= 15 is 0 Å². The monoisotopic (exact) mass is 337 g/mol. The number of carboxylic acids is 1. The van der Waals surface area contributed by atoms with E-state index in [9.17, 15) is 14.7 Å². The van der Waals surface area contributed by atoms with Gasteiger partial charge in [-0.2, -0.15) is 0 Å². The van der Waals surface area contributed by atoms with E-state index in [2.05, 4.69) is 10.3 Å². The first kappa shape index (κ1) is 15.2. The quantitative estimate of drug-likeness (QED) is 0.932. The molecule has 0 unspecified atom stereocenters. The zero-order valence-electron chi connectivity index (χ0n) is 11.7. The molecule has 0 aliphatic heterocycles. The maximum atomic E-state index is 12.4. The molecule has 1 aliphatic carbocycles. The molecule has 1 fully saturated rings. The minimum atomic E-state index is -1.14. The zero-order valence-corrected chi connectivity index (χ0v) is 13.2. The molecule has 116 valence electrons. The van der Waals surface area contributed by atoms with Crippen LogP contribution in [-0.4, -0.2) is 16.9 Å². The number of aromatic nitrogens is 1. The highest BCUT2D eigenvalue weighted by Crippen LogP contribution is 2.32. The lowest BCUT2D eigenvalue weighted by Crippen LogP contribution is -2.42. The average Bonchev–Trinajstić information content (AvgIpc) is 2.88. The molecule has 5 nitrogen and oxygen atoms in total. The number of fused-ring (bicyclic) bond motifs is 1. The number of carboxylic acid groups (broad SMARTS) is 1. The van der Waals surface area contributed by atoms with E-state index < -0.39 is 17.8 Å². The van der Waals surface area contributed by atoms with Crippen LogP contribution in [-0.2, 0) is 9.59 Å². The highest BCUT2D eigenvalue weighted by atomic mass is 35.5. The molecule has 22 heavy (non-hydrogen) atoms. The molecular weight excluding hydrogens is 324 g/mol. The first-order chi connectivity index (χ1) is 10.5. The average molecular weight is 338 g/mol. The molecule has 1 aliphatic rings. The molecule has 1 heterocycles. The van der Waals surface area contributed by atoms with Crippen molar-refractivity contribution in [3.8, 4) is 0 Å². The van der Waals surface area contributed by atoms with Gasteiger partial charge in [-0.3, -0.25) is 4.79 Å². The van der Waals surface area contributed by atoms with E-state index in [1.807, 2.05) is 0 Å². The van der Waals surface area contributed by atoms with Crippen LogP contribution >= 0.6 is 22.9 Å². The van der Waals surface area contributed by atoms with Crippen LogP contribution in [0.15, 0.2) is 18.2 Å². The Labute approximate surface area is 136 Å². The van der Waals surface area contributed by atoms with Gasteiger partial charge in [0.25, 0.3) is 0 Å². The van der Waals surface area contributed by atoms with Crippen LogP contribution in [0.5, 0.6) is 0 Å². The van der Waals surface area contributed by atoms with E-state index in [4.69, 9.17) is 11.6 Å². The van der Waals surface area contributed by atoms with Crippen LogP contribution in [0.25, 0.3) is 10.2 Å².